The summed E-state index contributed by atoms with van der Waals surface area (Å²) in [5.74, 6) is -0.200. The minimum atomic E-state index is -1.63. The molecule has 10 heteroatoms. The second kappa shape index (κ2) is 11.4. The molecule has 1 fully saturated rings. The van der Waals surface area contributed by atoms with E-state index in [9.17, 15) is 17.8 Å². The highest BCUT2D eigenvalue weighted by Crippen LogP contribution is 2.47. The molecule has 2 atom stereocenters. The first-order valence-electron chi connectivity index (χ1n) is 11.6. The standard InChI is InChI=1S/C26H28F2IN3O3S/c1-17-12-23(24(32(2)25(17)33)30-22-9-8-20(29)13-21(22)28)31-36(34)26(10-11-26)14-19(27)16-35-15-18-6-4-3-5-7-18/h3-9,12-13,19,30-31H,10-11,14-16H2,1-2H3/t19-,36?/m1/s1. The molecule has 0 bridgehead atoms. The van der Waals surface area contributed by atoms with Crippen LogP contribution >= 0.6 is 22.6 Å². The van der Waals surface area contributed by atoms with E-state index >= 15 is 0 Å². The summed E-state index contributed by atoms with van der Waals surface area (Å²) in [7, 11) is -0.0682. The van der Waals surface area contributed by atoms with Gasteiger partial charge in [0.15, 0.2) is 0 Å². The molecule has 1 saturated carbocycles. The number of alkyl halides is 1. The number of hydrogen-bond donors (Lipinski definition) is 2. The van der Waals surface area contributed by atoms with E-state index in [-0.39, 0.29) is 30.1 Å². The third-order valence-electron chi connectivity index (χ3n) is 6.18. The first kappa shape index (κ1) is 26.7. The zero-order valence-electron chi connectivity index (χ0n) is 20.0. The lowest BCUT2D eigenvalue weighted by Gasteiger charge is -2.22. The van der Waals surface area contributed by atoms with Gasteiger partial charge in [-0.25, -0.2) is 13.0 Å². The Balaban J connectivity index is 1.46. The minimum Gasteiger partial charge on any atom is -0.374 e. The third kappa shape index (κ3) is 6.33. The Hall–Kier alpha value is -2.31. The van der Waals surface area contributed by atoms with E-state index in [2.05, 4.69) is 10.0 Å². The van der Waals surface area contributed by atoms with Crippen molar-refractivity contribution >= 4 is 50.8 Å². The summed E-state index contributed by atoms with van der Waals surface area (Å²) < 4.78 is 52.5. The molecular weight excluding hydrogens is 599 g/mol. The molecule has 1 aliphatic carbocycles. The second-order valence-electron chi connectivity index (χ2n) is 9.06. The molecule has 36 heavy (non-hydrogen) atoms. The summed E-state index contributed by atoms with van der Waals surface area (Å²) >= 11 is 2.01. The van der Waals surface area contributed by atoms with E-state index in [4.69, 9.17) is 4.74 Å². The number of aromatic nitrogens is 1. The van der Waals surface area contributed by atoms with E-state index in [1.165, 1.54) is 10.6 Å². The lowest BCUT2D eigenvalue weighted by Crippen LogP contribution is -2.30. The molecule has 0 amide bonds. The van der Waals surface area contributed by atoms with Gasteiger partial charge in [0.25, 0.3) is 5.56 Å². The van der Waals surface area contributed by atoms with Crippen molar-refractivity contribution in [1.82, 2.24) is 4.57 Å². The average molecular weight is 627 g/mol. The van der Waals surface area contributed by atoms with Crippen LogP contribution in [0.15, 0.2) is 59.4 Å². The van der Waals surface area contributed by atoms with Crippen LogP contribution in [0, 0.1) is 16.3 Å². The van der Waals surface area contributed by atoms with Gasteiger partial charge < -0.3 is 14.8 Å². The van der Waals surface area contributed by atoms with Gasteiger partial charge in [-0.3, -0.25) is 9.36 Å². The summed E-state index contributed by atoms with van der Waals surface area (Å²) in [5.41, 5.74) is 1.70. The number of rotatable bonds is 11. The Bertz CT molecular complexity index is 1320. The van der Waals surface area contributed by atoms with Gasteiger partial charge in [0.1, 0.15) is 28.8 Å². The number of aryl methyl sites for hydroxylation is 1. The number of nitrogens with zero attached hydrogens (tertiary/aromatic N) is 1. The van der Waals surface area contributed by atoms with Crippen molar-refractivity contribution in [3.05, 3.63) is 85.5 Å². The molecule has 1 aromatic heterocycles. The largest absolute Gasteiger partial charge is 0.374 e. The highest BCUT2D eigenvalue weighted by Gasteiger charge is 2.50. The Morgan fingerprint density at radius 3 is 2.56 bits per heavy atom. The van der Waals surface area contributed by atoms with Gasteiger partial charge >= 0.3 is 0 Å². The van der Waals surface area contributed by atoms with E-state index in [1.807, 2.05) is 52.9 Å². The molecule has 3 aromatic rings. The molecule has 2 aromatic carbocycles. The maximum Gasteiger partial charge on any atom is 0.254 e. The summed E-state index contributed by atoms with van der Waals surface area (Å²) in [4.78, 5) is 12.6. The topological polar surface area (TPSA) is 72.4 Å². The molecular formula is C26H28F2IN3O3S. The lowest BCUT2D eigenvalue weighted by atomic mass is 10.2. The molecule has 0 saturated heterocycles. The summed E-state index contributed by atoms with van der Waals surface area (Å²) in [6.07, 6.45) is 0.0682. The third-order valence-corrected chi connectivity index (χ3v) is 8.62. The zero-order valence-corrected chi connectivity index (χ0v) is 23.0. The highest BCUT2D eigenvalue weighted by molar-refractivity contribution is 14.1. The number of hydrogen-bond acceptors (Lipinski definition) is 4. The first-order chi connectivity index (χ1) is 17.2. The van der Waals surface area contributed by atoms with Crippen molar-refractivity contribution in [2.75, 3.05) is 16.6 Å². The Labute approximate surface area is 225 Å². The van der Waals surface area contributed by atoms with Crippen LogP contribution in [-0.4, -0.2) is 26.3 Å². The molecule has 1 unspecified atom stereocenters. The molecule has 0 radical (unpaired) electrons. The van der Waals surface area contributed by atoms with E-state index < -0.39 is 27.7 Å². The summed E-state index contributed by atoms with van der Waals surface area (Å²) in [5, 5.41) is 2.96. The Morgan fingerprint density at radius 1 is 1.17 bits per heavy atom. The molecule has 2 N–H and O–H groups in total. The van der Waals surface area contributed by atoms with Gasteiger partial charge in [0, 0.05) is 16.2 Å². The fourth-order valence-corrected chi connectivity index (χ4v) is 5.83. The number of anilines is 3. The van der Waals surface area contributed by atoms with E-state index in [1.54, 1.807) is 32.2 Å². The Morgan fingerprint density at radius 2 is 1.89 bits per heavy atom. The van der Waals surface area contributed by atoms with Crippen LogP contribution in [0.2, 0.25) is 0 Å². The molecule has 6 nitrogen and oxygen atoms in total. The van der Waals surface area contributed by atoms with Crippen LogP contribution in [0.4, 0.5) is 26.0 Å². The molecule has 0 spiro atoms. The van der Waals surface area contributed by atoms with Crippen molar-refractivity contribution in [3.63, 3.8) is 0 Å². The fourth-order valence-electron chi connectivity index (χ4n) is 3.99. The van der Waals surface area contributed by atoms with Gasteiger partial charge in [-0.1, -0.05) is 30.3 Å². The van der Waals surface area contributed by atoms with Crippen molar-refractivity contribution in [2.24, 2.45) is 7.05 Å². The summed E-state index contributed by atoms with van der Waals surface area (Å²) in [6.45, 7) is 1.89. The predicted octanol–water partition coefficient (Wildman–Crippen LogP) is 5.73. The van der Waals surface area contributed by atoms with Gasteiger partial charge in [-0.05, 0) is 78.6 Å². The van der Waals surface area contributed by atoms with Crippen LogP contribution in [0.3, 0.4) is 0 Å². The number of nitrogens with one attached hydrogen (secondary N) is 2. The number of benzene rings is 2. The average Bonchev–Trinajstić information content (AvgIpc) is 3.62. The maximum atomic E-state index is 14.8. The second-order valence-corrected chi connectivity index (χ2v) is 11.9. The van der Waals surface area contributed by atoms with Gasteiger partial charge in [0.05, 0.1) is 29.3 Å². The number of ether oxygens (including phenoxy) is 1. The lowest BCUT2D eigenvalue weighted by molar-refractivity contribution is 0.0655. The number of pyridine rings is 1. The normalized spacial score (nSPS) is 15.8. The monoisotopic (exact) mass is 627 g/mol. The van der Waals surface area contributed by atoms with Crippen LogP contribution < -0.4 is 15.6 Å². The van der Waals surface area contributed by atoms with E-state index in [0.29, 0.717) is 30.7 Å². The molecule has 4 rings (SSSR count). The zero-order chi connectivity index (χ0) is 25.9. The fraction of sp³-hybridized carbons (Fsp3) is 0.346. The molecule has 1 aliphatic rings. The SMILES string of the molecule is Cc1cc(NS(=O)C2(C[C@@H](F)COCc3ccccc3)CC2)c(Nc2ccc(I)cc2F)n(C)c1=O. The molecule has 0 aliphatic heterocycles. The summed E-state index contributed by atoms with van der Waals surface area (Å²) in [6, 6.07) is 15.8. The van der Waals surface area contributed by atoms with Crippen molar-refractivity contribution in [1.29, 1.82) is 0 Å². The van der Waals surface area contributed by atoms with Crippen molar-refractivity contribution in [2.45, 2.75) is 43.7 Å². The maximum absolute atomic E-state index is 14.8. The molecule has 192 valence electrons. The first-order valence-corrected chi connectivity index (χ1v) is 13.8. The van der Waals surface area contributed by atoms with Crippen molar-refractivity contribution in [3.8, 4) is 0 Å². The Kier molecular flexibility index (Phi) is 8.46. The van der Waals surface area contributed by atoms with Crippen LogP contribution in [0.25, 0.3) is 0 Å². The van der Waals surface area contributed by atoms with Crippen molar-refractivity contribution < 1.29 is 17.7 Å². The number of halogens is 3. The smallest absolute Gasteiger partial charge is 0.254 e. The van der Waals surface area contributed by atoms with Gasteiger partial charge in [-0.2, -0.15) is 0 Å². The van der Waals surface area contributed by atoms with Crippen LogP contribution in [0.1, 0.15) is 30.4 Å². The van der Waals surface area contributed by atoms with Crippen LogP contribution in [-0.2, 0) is 29.4 Å². The van der Waals surface area contributed by atoms with Gasteiger partial charge in [-0.15, -0.1) is 0 Å². The quantitative estimate of drug-likeness (QED) is 0.267. The van der Waals surface area contributed by atoms with Crippen LogP contribution in [0.5, 0.6) is 0 Å². The highest BCUT2D eigenvalue weighted by atomic mass is 127. The predicted molar refractivity (Wildman–Crippen MR) is 148 cm³/mol. The molecule has 1 heterocycles. The van der Waals surface area contributed by atoms with Gasteiger partial charge in [0.2, 0.25) is 0 Å². The minimum absolute atomic E-state index is 0.0777. The van der Waals surface area contributed by atoms with E-state index in [0.717, 1.165) is 9.13 Å².